The topological polar surface area (TPSA) is 52.8 Å². The Morgan fingerprint density at radius 3 is 2.68 bits per heavy atom. The number of benzene rings is 3. The lowest BCUT2D eigenvalue weighted by Gasteiger charge is -2.16. The van der Waals surface area contributed by atoms with E-state index in [2.05, 4.69) is 39.0 Å². The molecule has 0 aliphatic carbocycles. The predicted molar refractivity (Wildman–Crippen MR) is 146 cm³/mol. The standard InChI is InChI=1S/C30H27FN4OS/c1-20-9-7-12-22(28(20)31)19-37-30-34-33-29(35(30)18-23-13-8-16-36-23)25-17-27(21-10-3-2-4-11-21)32-26-15-6-5-14-24(25)26/h2-7,9-12,14-15,17,23H,8,13,16,18-19H2,1H3/t23-/m1/s1. The Kier molecular flexibility index (Phi) is 6.72. The van der Waals surface area contributed by atoms with E-state index in [0.717, 1.165) is 58.2 Å². The Morgan fingerprint density at radius 1 is 1.00 bits per heavy atom. The molecule has 7 heteroatoms. The van der Waals surface area contributed by atoms with Crippen molar-refractivity contribution in [3.05, 3.63) is 95.8 Å². The first-order chi connectivity index (χ1) is 18.2. The number of aromatic nitrogens is 4. The minimum atomic E-state index is -0.159. The quantitative estimate of drug-likeness (QED) is 0.219. The van der Waals surface area contributed by atoms with Gasteiger partial charge < -0.3 is 4.74 Å². The van der Waals surface area contributed by atoms with Gasteiger partial charge in [-0.05, 0) is 43.0 Å². The van der Waals surface area contributed by atoms with Crippen LogP contribution in [0.5, 0.6) is 0 Å². The first-order valence-electron chi connectivity index (χ1n) is 12.5. The number of hydrogen-bond acceptors (Lipinski definition) is 5. The lowest BCUT2D eigenvalue weighted by Crippen LogP contribution is -2.17. The van der Waals surface area contributed by atoms with Crippen LogP contribution >= 0.6 is 11.8 Å². The molecule has 0 spiro atoms. The van der Waals surface area contributed by atoms with Crippen LogP contribution in [0.3, 0.4) is 0 Å². The van der Waals surface area contributed by atoms with E-state index in [9.17, 15) is 4.39 Å². The number of pyridine rings is 1. The summed E-state index contributed by atoms with van der Waals surface area (Å²) in [5, 5.41) is 11.0. The maximum absolute atomic E-state index is 14.7. The number of fused-ring (bicyclic) bond motifs is 1. The number of rotatable bonds is 7. The molecule has 0 amide bonds. The monoisotopic (exact) mass is 510 g/mol. The lowest BCUT2D eigenvalue weighted by atomic mass is 10.0. The Bertz CT molecular complexity index is 1550. The summed E-state index contributed by atoms with van der Waals surface area (Å²) in [6.07, 6.45) is 2.15. The summed E-state index contributed by atoms with van der Waals surface area (Å²) < 4.78 is 22.8. The Morgan fingerprint density at radius 2 is 1.84 bits per heavy atom. The van der Waals surface area contributed by atoms with Gasteiger partial charge in [0.1, 0.15) is 5.82 Å². The van der Waals surface area contributed by atoms with Crippen molar-refractivity contribution in [3.8, 4) is 22.6 Å². The average Bonchev–Trinajstić information content (AvgIpc) is 3.60. The highest BCUT2D eigenvalue weighted by Gasteiger charge is 2.24. The molecule has 1 fully saturated rings. The van der Waals surface area contributed by atoms with Gasteiger partial charge in [-0.3, -0.25) is 4.57 Å². The number of hydrogen-bond donors (Lipinski definition) is 0. The van der Waals surface area contributed by atoms with E-state index >= 15 is 0 Å². The molecule has 37 heavy (non-hydrogen) atoms. The van der Waals surface area contributed by atoms with E-state index in [4.69, 9.17) is 9.72 Å². The highest BCUT2D eigenvalue weighted by atomic mass is 32.2. The van der Waals surface area contributed by atoms with Crippen molar-refractivity contribution in [2.24, 2.45) is 0 Å². The highest BCUT2D eigenvalue weighted by Crippen LogP contribution is 2.34. The molecule has 1 aliphatic rings. The van der Waals surface area contributed by atoms with Crippen LogP contribution in [0.2, 0.25) is 0 Å². The van der Waals surface area contributed by atoms with Gasteiger partial charge in [0.2, 0.25) is 0 Å². The fourth-order valence-electron chi connectivity index (χ4n) is 4.83. The summed E-state index contributed by atoms with van der Waals surface area (Å²) in [4.78, 5) is 4.94. The van der Waals surface area contributed by atoms with Crippen LogP contribution in [0.25, 0.3) is 33.5 Å². The fourth-order valence-corrected chi connectivity index (χ4v) is 5.75. The molecule has 1 aliphatic heterocycles. The Hall–Kier alpha value is -3.55. The molecule has 3 heterocycles. The highest BCUT2D eigenvalue weighted by molar-refractivity contribution is 7.98. The molecule has 6 rings (SSSR count). The van der Waals surface area contributed by atoms with Crippen LogP contribution < -0.4 is 0 Å². The van der Waals surface area contributed by atoms with Gasteiger partial charge in [0.05, 0.1) is 23.9 Å². The normalized spacial score (nSPS) is 15.5. The van der Waals surface area contributed by atoms with Crippen molar-refractivity contribution in [3.63, 3.8) is 0 Å². The van der Waals surface area contributed by atoms with Crippen LogP contribution in [0.4, 0.5) is 4.39 Å². The van der Waals surface area contributed by atoms with Gasteiger partial charge in [-0.15, -0.1) is 10.2 Å². The molecule has 0 N–H and O–H groups in total. The zero-order chi connectivity index (χ0) is 25.2. The van der Waals surface area contributed by atoms with E-state index in [1.54, 1.807) is 13.0 Å². The van der Waals surface area contributed by atoms with Crippen molar-refractivity contribution in [1.29, 1.82) is 0 Å². The van der Waals surface area contributed by atoms with E-state index < -0.39 is 0 Å². The van der Waals surface area contributed by atoms with E-state index in [1.165, 1.54) is 11.8 Å². The largest absolute Gasteiger partial charge is 0.376 e. The SMILES string of the molecule is Cc1cccc(CSc2nnc(-c3cc(-c4ccccc4)nc4ccccc34)n2C[C@H]2CCCO2)c1F. The van der Waals surface area contributed by atoms with E-state index in [-0.39, 0.29) is 11.9 Å². The van der Waals surface area contributed by atoms with Crippen LogP contribution in [0.15, 0.2) is 84.0 Å². The maximum atomic E-state index is 14.7. The van der Waals surface area contributed by atoms with Gasteiger partial charge in [0.25, 0.3) is 0 Å². The van der Waals surface area contributed by atoms with Crippen molar-refractivity contribution in [2.75, 3.05) is 6.61 Å². The molecular formula is C30H27FN4OS. The summed E-state index contributed by atoms with van der Waals surface area (Å²) in [7, 11) is 0. The van der Waals surface area contributed by atoms with Gasteiger partial charge in [-0.1, -0.05) is 78.5 Å². The Balaban J connectivity index is 1.45. The second kappa shape index (κ2) is 10.4. The summed E-state index contributed by atoms with van der Waals surface area (Å²) >= 11 is 1.51. The van der Waals surface area contributed by atoms with Crippen LogP contribution in [0.1, 0.15) is 24.0 Å². The van der Waals surface area contributed by atoms with Crippen molar-refractivity contribution < 1.29 is 9.13 Å². The van der Waals surface area contributed by atoms with Gasteiger partial charge >= 0.3 is 0 Å². The van der Waals surface area contributed by atoms with Crippen LogP contribution in [-0.4, -0.2) is 32.5 Å². The summed E-state index contributed by atoms with van der Waals surface area (Å²) in [6, 6.07) is 25.9. The van der Waals surface area contributed by atoms with Gasteiger partial charge in [-0.2, -0.15) is 0 Å². The fraction of sp³-hybridized carbons (Fsp3) is 0.233. The predicted octanol–water partition coefficient (Wildman–Crippen LogP) is 7.08. The summed E-state index contributed by atoms with van der Waals surface area (Å²) in [5.74, 6) is 1.09. The first-order valence-corrected chi connectivity index (χ1v) is 13.5. The molecule has 2 aromatic heterocycles. The first kappa shape index (κ1) is 23.8. The smallest absolute Gasteiger partial charge is 0.191 e. The number of nitrogens with zero attached hydrogens (tertiary/aromatic N) is 4. The minimum absolute atomic E-state index is 0.103. The molecule has 1 saturated heterocycles. The second-order valence-electron chi connectivity index (χ2n) is 9.33. The molecule has 5 aromatic rings. The second-order valence-corrected chi connectivity index (χ2v) is 10.3. The van der Waals surface area contributed by atoms with Gasteiger partial charge in [-0.25, -0.2) is 9.37 Å². The Labute approximate surface area is 219 Å². The third-order valence-electron chi connectivity index (χ3n) is 6.78. The van der Waals surface area contributed by atoms with Crippen LogP contribution in [0, 0.1) is 12.7 Å². The van der Waals surface area contributed by atoms with Crippen molar-refractivity contribution in [1.82, 2.24) is 19.7 Å². The molecule has 186 valence electrons. The zero-order valence-electron chi connectivity index (χ0n) is 20.6. The van der Waals surface area contributed by atoms with Crippen molar-refractivity contribution in [2.45, 2.75) is 43.3 Å². The van der Waals surface area contributed by atoms with Gasteiger partial charge in [0.15, 0.2) is 11.0 Å². The van der Waals surface area contributed by atoms with E-state index in [0.29, 0.717) is 23.4 Å². The molecular weight excluding hydrogens is 483 g/mol. The molecule has 1 atom stereocenters. The maximum Gasteiger partial charge on any atom is 0.191 e. The third-order valence-corrected chi connectivity index (χ3v) is 7.80. The zero-order valence-corrected chi connectivity index (χ0v) is 21.4. The number of halogens is 1. The van der Waals surface area contributed by atoms with Crippen LogP contribution in [-0.2, 0) is 17.0 Å². The number of para-hydroxylation sites is 1. The van der Waals surface area contributed by atoms with Gasteiger partial charge in [0, 0.05) is 28.9 Å². The van der Waals surface area contributed by atoms with Crippen molar-refractivity contribution >= 4 is 22.7 Å². The molecule has 0 radical (unpaired) electrons. The number of aryl methyl sites for hydroxylation is 1. The molecule has 0 unspecified atom stereocenters. The summed E-state index contributed by atoms with van der Waals surface area (Å²) in [6.45, 7) is 3.22. The molecule has 5 nitrogen and oxygen atoms in total. The lowest BCUT2D eigenvalue weighted by molar-refractivity contribution is 0.0953. The molecule has 0 saturated carbocycles. The number of ether oxygens (including phenoxy) is 1. The molecule has 0 bridgehead atoms. The summed E-state index contributed by atoms with van der Waals surface area (Å²) in [5.41, 5.74) is 5.13. The third kappa shape index (κ3) is 4.89. The number of thioether (sulfide) groups is 1. The average molecular weight is 511 g/mol. The minimum Gasteiger partial charge on any atom is -0.376 e. The molecule has 3 aromatic carbocycles. The van der Waals surface area contributed by atoms with E-state index in [1.807, 2.05) is 48.5 Å².